The first-order chi connectivity index (χ1) is 10.1. The third kappa shape index (κ3) is 6.04. The van der Waals surface area contributed by atoms with Crippen LogP contribution in [-0.2, 0) is 4.74 Å². The average molecular weight is 315 g/mol. The van der Waals surface area contributed by atoms with Gasteiger partial charge in [-0.25, -0.2) is 4.79 Å². The Bertz CT molecular complexity index is 339. The number of carbonyl (C=O) groups excluding carboxylic acids is 1. The van der Waals surface area contributed by atoms with Crippen molar-refractivity contribution in [3.05, 3.63) is 0 Å². The zero-order valence-electron chi connectivity index (χ0n) is 13.5. The Kier molecular flexibility index (Phi) is 6.64. The molecule has 21 heavy (non-hydrogen) atoms. The fourth-order valence-corrected chi connectivity index (χ4v) is 2.85. The predicted octanol–water partition coefficient (Wildman–Crippen LogP) is 1.49. The SMILES string of the molecule is CS[C@H](C)CNC(=O)N1CCO[C@H](CN(C)CC2CC2)C1. The number of nitrogens with zero attached hydrogens (tertiary/aromatic N) is 2. The molecule has 2 rings (SSSR count). The fourth-order valence-electron chi connectivity index (χ4n) is 2.60. The minimum atomic E-state index is 0.0500. The molecule has 1 N–H and O–H groups in total. The molecular weight excluding hydrogens is 286 g/mol. The van der Waals surface area contributed by atoms with Crippen molar-refractivity contribution in [1.29, 1.82) is 0 Å². The van der Waals surface area contributed by atoms with Crippen LogP contribution in [0.4, 0.5) is 4.79 Å². The van der Waals surface area contributed by atoms with E-state index in [9.17, 15) is 4.79 Å². The highest BCUT2D eigenvalue weighted by atomic mass is 32.2. The minimum Gasteiger partial charge on any atom is -0.373 e. The first-order valence-electron chi connectivity index (χ1n) is 7.94. The highest BCUT2D eigenvalue weighted by Crippen LogP contribution is 2.29. The predicted molar refractivity (Wildman–Crippen MR) is 87.9 cm³/mol. The van der Waals surface area contributed by atoms with Crippen molar-refractivity contribution < 1.29 is 9.53 Å². The number of carbonyl (C=O) groups is 1. The van der Waals surface area contributed by atoms with Crippen molar-refractivity contribution in [2.24, 2.45) is 5.92 Å². The van der Waals surface area contributed by atoms with Crippen molar-refractivity contribution in [3.8, 4) is 0 Å². The van der Waals surface area contributed by atoms with Gasteiger partial charge in [-0.2, -0.15) is 11.8 Å². The van der Waals surface area contributed by atoms with Gasteiger partial charge in [-0.15, -0.1) is 0 Å². The van der Waals surface area contributed by atoms with Gasteiger partial charge in [0.1, 0.15) is 0 Å². The van der Waals surface area contributed by atoms with Gasteiger partial charge >= 0.3 is 6.03 Å². The summed E-state index contributed by atoms with van der Waals surface area (Å²) in [6.45, 7) is 6.98. The number of ether oxygens (including phenoxy) is 1. The van der Waals surface area contributed by atoms with Crippen LogP contribution < -0.4 is 5.32 Å². The Labute approximate surface area is 132 Å². The summed E-state index contributed by atoms with van der Waals surface area (Å²) in [5.74, 6) is 0.894. The Balaban J connectivity index is 1.70. The van der Waals surface area contributed by atoms with Crippen LogP contribution in [0, 0.1) is 5.92 Å². The van der Waals surface area contributed by atoms with Gasteiger partial charge in [0.2, 0.25) is 0 Å². The van der Waals surface area contributed by atoms with E-state index >= 15 is 0 Å². The number of thioether (sulfide) groups is 1. The molecule has 2 atom stereocenters. The molecule has 1 aliphatic heterocycles. The second kappa shape index (κ2) is 8.25. The summed E-state index contributed by atoms with van der Waals surface area (Å²) in [5.41, 5.74) is 0. The first-order valence-corrected chi connectivity index (χ1v) is 9.23. The second-order valence-electron chi connectivity index (χ2n) is 6.34. The average Bonchev–Trinajstić information content (AvgIpc) is 3.28. The van der Waals surface area contributed by atoms with Crippen LogP contribution in [0.3, 0.4) is 0 Å². The molecule has 1 heterocycles. The van der Waals surface area contributed by atoms with Gasteiger partial charge in [-0.1, -0.05) is 6.92 Å². The molecule has 2 amide bonds. The zero-order valence-corrected chi connectivity index (χ0v) is 14.3. The van der Waals surface area contributed by atoms with Crippen LogP contribution in [0.25, 0.3) is 0 Å². The molecule has 2 fully saturated rings. The summed E-state index contributed by atoms with van der Waals surface area (Å²) >= 11 is 1.77. The normalized spacial score (nSPS) is 24.2. The third-order valence-electron chi connectivity index (χ3n) is 4.15. The maximum absolute atomic E-state index is 12.2. The van der Waals surface area contributed by atoms with Gasteiger partial charge in [-0.05, 0) is 32.1 Å². The molecule has 2 aliphatic rings. The number of likely N-dealkylation sites (N-methyl/N-ethyl adjacent to an activating group) is 1. The lowest BCUT2D eigenvalue weighted by molar-refractivity contribution is -0.0277. The number of hydrogen-bond acceptors (Lipinski definition) is 4. The van der Waals surface area contributed by atoms with Gasteiger partial charge in [-0.3, -0.25) is 0 Å². The Morgan fingerprint density at radius 3 is 2.90 bits per heavy atom. The zero-order chi connectivity index (χ0) is 15.2. The van der Waals surface area contributed by atoms with E-state index < -0.39 is 0 Å². The topological polar surface area (TPSA) is 44.8 Å². The molecule has 0 radical (unpaired) electrons. The molecule has 0 unspecified atom stereocenters. The van der Waals surface area contributed by atoms with E-state index in [1.807, 2.05) is 4.90 Å². The maximum Gasteiger partial charge on any atom is 0.317 e. The van der Waals surface area contributed by atoms with E-state index in [1.165, 1.54) is 12.8 Å². The molecule has 6 heteroatoms. The summed E-state index contributed by atoms with van der Waals surface area (Å²) in [6, 6.07) is 0.0500. The highest BCUT2D eigenvalue weighted by Gasteiger charge is 2.27. The van der Waals surface area contributed by atoms with E-state index in [1.54, 1.807) is 11.8 Å². The Hall–Kier alpha value is -0.460. The van der Waals surface area contributed by atoms with Gasteiger partial charge < -0.3 is 19.9 Å². The van der Waals surface area contributed by atoms with Crippen molar-refractivity contribution in [2.75, 3.05) is 52.6 Å². The van der Waals surface area contributed by atoms with Gasteiger partial charge in [0.15, 0.2) is 0 Å². The highest BCUT2D eigenvalue weighted by molar-refractivity contribution is 7.99. The molecule has 0 aromatic rings. The van der Waals surface area contributed by atoms with Gasteiger partial charge in [0.25, 0.3) is 0 Å². The van der Waals surface area contributed by atoms with Crippen LogP contribution in [0.5, 0.6) is 0 Å². The number of urea groups is 1. The van der Waals surface area contributed by atoms with Crippen molar-refractivity contribution in [2.45, 2.75) is 31.1 Å². The van der Waals surface area contributed by atoms with Crippen LogP contribution in [0.2, 0.25) is 0 Å². The van der Waals surface area contributed by atoms with E-state index in [-0.39, 0.29) is 12.1 Å². The summed E-state index contributed by atoms with van der Waals surface area (Å²) in [7, 11) is 2.15. The van der Waals surface area contributed by atoms with Gasteiger partial charge in [0.05, 0.1) is 12.7 Å². The number of amides is 2. The maximum atomic E-state index is 12.2. The molecule has 5 nitrogen and oxygen atoms in total. The molecule has 0 aromatic heterocycles. The monoisotopic (exact) mass is 315 g/mol. The van der Waals surface area contributed by atoms with Gasteiger partial charge in [0, 0.05) is 38.0 Å². The molecule has 1 aliphatic carbocycles. The molecule has 122 valence electrons. The fraction of sp³-hybridized carbons (Fsp3) is 0.933. The Morgan fingerprint density at radius 2 is 2.24 bits per heavy atom. The lowest BCUT2D eigenvalue weighted by atomic mass is 10.2. The number of nitrogens with one attached hydrogen (secondary N) is 1. The summed E-state index contributed by atoms with van der Waals surface area (Å²) in [6.07, 6.45) is 4.96. The van der Waals surface area contributed by atoms with E-state index in [2.05, 4.69) is 30.4 Å². The number of morpholine rings is 1. The van der Waals surface area contributed by atoms with Crippen molar-refractivity contribution >= 4 is 17.8 Å². The quantitative estimate of drug-likeness (QED) is 0.773. The Morgan fingerprint density at radius 1 is 1.48 bits per heavy atom. The smallest absolute Gasteiger partial charge is 0.317 e. The lowest BCUT2D eigenvalue weighted by Gasteiger charge is -2.35. The second-order valence-corrected chi connectivity index (χ2v) is 7.61. The van der Waals surface area contributed by atoms with Crippen molar-refractivity contribution in [1.82, 2.24) is 15.1 Å². The first kappa shape index (κ1) is 16.9. The standard InChI is InChI=1S/C15H29N3O2S/c1-12(21-3)8-16-15(19)18-6-7-20-14(11-18)10-17(2)9-13-4-5-13/h12-14H,4-11H2,1-3H3,(H,16,19)/t12-,14-/m1/s1. The molecule has 1 saturated carbocycles. The summed E-state index contributed by atoms with van der Waals surface area (Å²) < 4.78 is 5.81. The van der Waals surface area contributed by atoms with Crippen molar-refractivity contribution in [3.63, 3.8) is 0 Å². The molecule has 0 aromatic carbocycles. The lowest BCUT2D eigenvalue weighted by Crippen LogP contribution is -2.52. The summed E-state index contributed by atoms with van der Waals surface area (Å²) in [4.78, 5) is 16.4. The van der Waals surface area contributed by atoms with Crippen LogP contribution in [0.1, 0.15) is 19.8 Å². The molecule has 0 spiro atoms. The van der Waals surface area contributed by atoms with E-state index in [0.29, 0.717) is 24.9 Å². The molecular formula is C15H29N3O2S. The van der Waals surface area contributed by atoms with E-state index in [0.717, 1.165) is 25.6 Å². The largest absolute Gasteiger partial charge is 0.373 e. The minimum absolute atomic E-state index is 0.0500. The third-order valence-corrected chi connectivity index (χ3v) is 5.12. The van der Waals surface area contributed by atoms with Crippen LogP contribution >= 0.6 is 11.8 Å². The molecule has 0 bridgehead atoms. The number of hydrogen-bond donors (Lipinski definition) is 1. The number of rotatable bonds is 7. The summed E-state index contributed by atoms with van der Waals surface area (Å²) in [5, 5.41) is 3.47. The van der Waals surface area contributed by atoms with E-state index in [4.69, 9.17) is 4.74 Å². The van der Waals surface area contributed by atoms with Crippen LogP contribution in [0.15, 0.2) is 0 Å². The van der Waals surface area contributed by atoms with Crippen LogP contribution in [-0.4, -0.2) is 79.8 Å². The molecule has 1 saturated heterocycles.